The fourth-order valence-corrected chi connectivity index (χ4v) is 3.13. The molecule has 5 heteroatoms. The summed E-state index contributed by atoms with van der Waals surface area (Å²) < 4.78 is 28.1. The van der Waals surface area contributed by atoms with Crippen molar-refractivity contribution >= 4 is 10.2 Å². The van der Waals surface area contributed by atoms with E-state index in [0.717, 1.165) is 12.0 Å². The number of hydrogen-bond donors (Lipinski definition) is 1. The molecule has 0 unspecified atom stereocenters. The molecule has 0 fully saturated rings. The third kappa shape index (κ3) is 5.41. The van der Waals surface area contributed by atoms with Gasteiger partial charge in [-0.05, 0) is 29.4 Å². The topological polar surface area (TPSA) is 49.4 Å². The highest BCUT2D eigenvalue weighted by Crippen LogP contribution is 2.24. The van der Waals surface area contributed by atoms with Crippen LogP contribution in [-0.2, 0) is 16.6 Å². The van der Waals surface area contributed by atoms with Crippen LogP contribution in [0.3, 0.4) is 0 Å². The summed E-state index contributed by atoms with van der Waals surface area (Å²) in [5.41, 5.74) is 2.29. The van der Waals surface area contributed by atoms with Crippen molar-refractivity contribution in [2.24, 2.45) is 11.8 Å². The lowest BCUT2D eigenvalue weighted by Crippen LogP contribution is -2.39. The molecule has 1 atom stereocenters. The summed E-state index contributed by atoms with van der Waals surface area (Å²) in [5, 5.41) is 0. The maximum atomic E-state index is 12.0. The molecule has 0 aliphatic rings. The van der Waals surface area contributed by atoms with Crippen molar-refractivity contribution in [3.63, 3.8) is 0 Å². The first-order valence-electron chi connectivity index (χ1n) is 7.42. The zero-order valence-corrected chi connectivity index (χ0v) is 14.7. The molecule has 0 saturated heterocycles. The average Bonchev–Trinajstić information content (AvgIpc) is 2.36. The first-order valence-corrected chi connectivity index (χ1v) is 8.86. The molecule has 1 N–H and O–H groups in total. The fourth-order valence-electron chi connectivity index (χ4n) is 2.19. The van der Waals surface area contributed by atoms with Crippen LogP contribution < -0.4 is 4.72 Å². The summed E-state index contributed by atoms with van der Waals surface area (Å²) in [6.45, 7) is 8.42. The summed E-state index contributed by atoms with van der Waals surface area (Å²) in [6, 6.07) is 8.02. The van der Waals surface area contributed by atoms with Gasteiger partial charge in [0.1, 0.15) is 0 Å². The van der Waals surface area contributed by atoms with Gasteiger partial charge in [0.25, 0.3) is 10.2 Å². The molecule has 1 rings (SSSR count). The van der Waals surface area contributed by atoms with Crippen LogP contribution in [0.25, 0.3) is 0 Å². The van der Waals surface area contributed by atoms with Gasteiger partial charge in [0.05, 0.1) is 6.04 Å². The molecule has 21 heavy (non-hydrogen) atoms. The molecule has 0 amide bonds. The van der Waals surface area contributed by atoms with Gasteiger partial charge in [-0.25, -0.2) is 0 Å². The molecule has 0 aliphatic carbocycles. The molecule has 0 saturated carbocycles. The van der Waals surface area contributed by atoms with Gasteiger partial charge in [-0.1, -0.05) is 52.0 Å². The normalized spacial score (nSPS) is 14.1. The maximum absolute atomic E-state index is 12.0. The Kier molecular flexibility index (Phi) is 6.38. The van der Waals surface area contributed by atoms with E-state index in [1.165, 1.54) is 24.0 Å². The van der Waals surface area contributed by atoms with Gasteiger partial charge in [0, 0.05) is 14.1 Å². The number of nitrogens with zero attached hydrogens (tertiary/aromatic N) is 1. The monoisotopic (exact) mass is 312 g/mol. The minimum Gasteiger partial charge on any atom is -0.195 e. The molecule has 4 nitrogen and oxygen atoms in total. The van der Waals surface area contributed by atoms with Gasteiger partial charge < -0.3 is 0 Å². The predicted octanol–water partition coefficient (Wildman–Crippen LogP) is 2.98. The molecule has 0 radical (unpaired) electrons. The summed E-state index contributed by atoms with van der Waals surface area (Å²) in [6.07, 6.45) is 1.04. The van der Waals surface area contributed by atoms with E-state index in [0.29, 0.717) is 5.92 Å². The first kappa shape index (κ1) is 18.1. The second-order valence-corrected chi connectivity index (χ2v) is 8.38. The molecule has 0 bridgehead atoms. The predicted molar refractivity (Wildman–Crippen MR) is 88.3 cm³/mol. The number of hydrogen-bond acceptors (Lipinski definition) is 2. The lowest BCUT2D eigenvalue weighted by atomic mass is 9.94. The zero-order chi connectivity index (χ0) is 16.2. The Bertz CT molecular complexity index is 534. The minimum atomic E-state index is -3.44. The summed E-state index contributed by atoms with van der Waals surface area (Å²) >= 11 is 0. The van der Waals surface area contributed by atoms with Crippen molar-refractivity contribution in [1.82, 2.24) is 9.03 Å². The maximum Gasteiger partial charge on any atom is 0.279 e. The van der Waals surface area contributed by atoms with Gasteiger partial charge in [0.2, 0.25) is 0 Å². The van der Waals surface area contributed by atoms with E-state index in [9.17, 15) is 8.42 Å². The number of benzene rings is 1. The van der Waals surface area contributed by atoms with Crippen LogP contribution in [-0.4, -0.2) is 26.8 Å². The van der Waals surface area contributed by atoms with Crippen LogP contribution in [0.1, 0.15) is 44.9 Å². The van der Waals surface area contributed by atoms with Crippen LogP contribution in [0.5, 0.6) is 0 Å². The minimum absolute atomic E-state index is 0.177. The Hall–Kier alpha value is -0.910. The standard InChI is InChI=1S/C16H28N2O2S/c1-12(2)11-14-7-9-15(10-8-14)16(13(3)4)17-21(19,20)18(5)6/h7-10,12-13,16-17H,11H2,1-6H3/t16-/m1/s1. The Morgan fingerprint density at radius 1 is 1.05 bits per heavy atom. The van der Waals surface area contributed by atoms with Gasteiger partial charge >= 0.3 is 0 Å². The molecular weight excluding hydrogens is 284 g/mol. The first-order chi connectivity index (χ1) is 9.63. The molecule has 1 aromatic rings. The summed E-state index contributed by atoms with van der Waals surface area (Å²) in [7, 11) is -0.370. The van der Waals surface area contributed by atoms with E-state index in [-0.39, 0.29) is 12.0 Å². The van der Waals surface area contributed by atoms with Crippen molar-refractivity contribution in [2.45, 2.75) is 40.2 Å². The highest BCUT2D eigenvalue weighted by molar-refractivity contribution is 7.87. The number of nitrogens with one attached hydrogen (secondary N) is 1. The molecular formula is C16H28N2O2S. The van der Waals surface area contributed by atoms with Crippen LogP contribution >= 0.6 is 0 Å². The SMILES string of the molecule is CC(C)Cc1ccc([C@H](NS(=O)(=O)N(C)C)C(C)C)cc1. The van der Waals surface area contributed by atoms with Crippen molar-refractivity contribution in [3.8, 4) is 0 Å². The van der Waals surface area contributed by atoms with Crippen LogP contribution in [0.2, 0.25) is 0 Å². The summed E-state index contributed by atoms with van der Waals surface area (Å²) in [5.74, 6) is 0.791. The summed E-state index contributed by atoms with van der Waals surface area (Å²) in [4.78, 5) is 0. The Morgan fingerprint density at radius 3 is 1.95 bits per heavy atom. The van der Waals surface area contributed by atoms with E-state index in [2.05, 4.69) is 30.7 Å². The lowest BCUT2D eigenvalue weighted by Gasteiger charge is -2.25. The van der Waals surface area contributed by atoms with Crippen LogP contribution in [0.4, 0.5) is 0 Å². The van der Waals surface area contributed by atoms with Gasteiger partial charge in [-0.2, -0.15) is 17.4 Å². The Morgan fingerprint density at radius 2 is 1.57 bits per heavy atom. The van der Waals surface area contributed by atoms with Gasteiger partial charge in [-0.15, -0.1) is 0 Å². The number of rotatable bonds is 7. The lowest BCUT2D eigenvalue weighted by molar-refractivity contribution is 0.437. The highest BCUT2D eigenvalue weighted by Gasteiger charge is 2.23. The van der Waals surface area contributed by atoms with E-state index >= 15 is 0 Å². The van der Waals surface area contributed by atoms with E-state index in [1.54, 1.807) is 0 Å². The third-order valence-corrected chi connectivity index (χ3v) is 4.92. The van der Waals surface area contributed by atoms with E-state index < -0.39 is 10.2 Å². The molecule has 1 aromatic carbocycles. The van der Waals surface area contributed by atoms with Crippen LogP contribution in [0.15, 0.2) is 24.3 Å². The average molecular weight is 312 g/mol. The van der Waals surface area contributed by atoms with Crippen molar-refractivity contribution in [1.29, 1.82) is 0 Å². The largest absolute Gasteiger partial charge is 0.279 e. The van der Waals surface area contributed by atoms with Crippen molar-refractivity contribution in [3.05, 3.63) is 35.4 Å². The second-order valence-electron chi connectivity index (χ2n) is 6.47. The second kappa shape index (κ2) is 7.38. The zero-order valence-electron chi connectivity index (χ0n) is 13.9. The van der Waals surface area contributed by atoms with E-state index in [1.807, 2.05) is 26.0 Å². The van der Waals surface area contributed by atoms with Crippen molar-refractivity contribution in [2.75, 3.05) is 14.1 Å². The fraction of sp³-hybridized carbons (Fsp3) is 0.625. The Labute approximate surface area is 129 Å². The molecule has 0 spiro atoms. The Balaban J connectivity index is 2.97. The highest BCUT2D eigenvalue weighted by atomic mass is 32.2. The molecule has 0 heterocycles. The van der Waals surface area contributed by atoms with Crippen molar-refractivity contribution < 1.29 is 8.42 Å². The van der Waals surface area contributed by atoms with Crippen LogP contribution in [0, 0.1) is 11.8 Å². The van der Waals surface area contributed by atoms with E-state index in [4.69, 9.17) is 0 Å². The molecule has 0 aromatic heterocycles. The van der Waals surface area contributed by atoms with Gasteiger partial charge in [-0.3, -0.25) is 0 Å². The quantitative estimate of drug-likeness (QED) is 0.841. The smallest absolute Gasteiger partial charge is 0.195 e. The third-order valence-electron chi connectivity index (χ3n) is 3.41. The molecule has 120 valence electrons. The molecule has 0 aliphatic heterocycles. The van der Waals surface area contributed by atoms with Gasteiger partial charge in [0.15, 0.2) is 0 Å².